The molecule has 5 heteroatoms. The zero-order valence-electron chi connectivity index (χ0n) is 14.5. The van der Waals surface area contributed by atoms with Crippen LogP contribution in [0.1, 0.15) is 30.9 Å². The molecule has 0 bridgehead atoms. The number of unbranched alkanes of at least 4 members (excludes halogenated alkanes) is 1. The maximum atomic E-state index is 12.7. The van der Waals surface area contributed by atoms with Crippen molar-refractivity contribution in [1.29, 1.82) is 0 Å². The van der Waals surface area contributed by atoms with Gasteiger partial charge in [-0.05, 0) is 60.9 Å². The van der Waals surface area contributed by atoms with Crippen LogP contribution in [0, 0.1) is 6.92 Å². The van der Waals surface area contributed by atoms with Crippen molar-refractivity contribution in [2.45, 2.75) is 38.5 Å². The number of hydrogen-bond acceptors (Lipinski definition) is 4. The molecule has 1 fully saturated rings. The Hall–Kier alpha value is -2.27. The van der Waals surface area contributed by atoms with Crippen LogP contribution in [-0.4, -0.2) is 16.5 Å². The third-order valence-electron chi connectivity index (χ3n) is 4.27. The Labute approximate surface area is 152 Å². The minimum Gasteiger partial charge on any atom is -0.365 e. The van der Waals surface area contributed by atoms with E-state index < -0.39 is 5.37 Å². The molecule has 1 heterocycles. The zero-order valence-corrected chi connectivity index (χ0v) is 15.3. The third-order valence-corrected chi connectivity index (χ3v) is 5.21. The molecule has 1 atom stereocenters. The van der Waals surface area contributed by atoms with Crippen molar-refractivity contribution in [3.63, 3.8) is 0 Å². The fourth-order valence-electron chi connectivity index (χ4n) is 2.83. The van der Waals surface area contributed by atoms with Gasteiger partial charge in [-0.3, -0.25) is 9.59 Å². The maximum absolute atomic E-state index is 12.7. The summed E-state index contributed by atoms with van der Waals surface area (Å²) in [5.41, 5.74) is 3.70. The Bertz CT molecular complexity index is 774. The molecule has 1 aliphatic heterocycles. The number of rotatable bonds is 6. The number of nitrogens with one attached hydrogen (secondary N) is 1. The Balaban J connectivity index is 1.71. The standard InChI is InChI=1S/C20H22N2O2S/c1-3-4-8-15-10-12-16(13-11-15)21-18-19(23)22(20(24)25-18)17-9-6-5-7-14(17)2/h5-7,9-13,18,21H,3-4,8H2,1-2H3/t18-/m1/s1. The van der Waals surface area contributed by atoms with Gasteiger partial charge in [-0.15, -0.1) is 0 Å². The molecule has 130 valence electrons. The van der Waals surface area contributed by atoms with E-state index in [1.807, 2.05) is 37.3 Å². The van der Waals surface area contributed by atoms with Crippen LogP contribution in [0.5, 0.6) is 0 Å². The number of carbonyl (C=O) groups excluding carboxylic acids is 2. The summed E-state index contributed by atoms with van der Waals surface area (Å²) < 4.78 is 0. The van der Waals surface area contributed by atoms with Crippen molar-refractivity contribution < 1.29 is 9.59 Å². The number of carbonyl (C=O) groups is 2. The molecule has 0 saturated carbocycles. The first-order valence-corrected chi connectivity index (χ1v) is 9.44. The fraction of sp³-hybridized carbons (Fsp3) is 0.300. The highest BCUT2D eigenvalue weighted by Gasteiger charge is 2.41. The van der Waals surface area contributed by atoms with E-state index in [2.05, 4.69) is 24.4 Å². The Morgan fingerprint density at radius 3 is 2.48 bits per heavy atom. The predicted molar refractivity (Wildman–Crippen MR) is 104 cm³/mol. The molecule has 2 aromatic rings. The van der Waals surface area contributed by atoms with Crippen LogP contribution >= 0.6 is 11.8 Å². The van der Waals surface area contributed by atoms with Gasteiger partial charge < -0.3 is 5.32 Å². The molecular weight excluding hydrogens is 332 g/mol. The van der Waals surface area contributed by atoms with E-state index in [1.54, 1.807) is 6.07 Å². The number of imide groups is 1. The summed E-state index contributed by atoms with van der Waals surface area (Å²) >= 11 is 1.02. The number of amides is 2. The second-order valence-electron chi connectivity index (χ2n) is 6.17. The number of para-hydroxylation sites is 1. The van der Waals surface area contributed by atoms with Crippen molar-refractivity contribution >= 4 is 34.3 Å². The average Bonchev–Trinajstić information content (AvgIpc) is 2.89. The lowest BCUT2D eigenvalue weighted by Gasteiger charge is -2.17. The molecule has 3 rings (SSSR count). The SMILES string of the molecule is CCCCc1ccc(N[C@@H]2SC(=O)N(c3ccccc3C)C2=O)cc1. The van der Waals surface area contributed by atoms with Gasteiger partial charge in [-0.25, -0.2) is 4.90 Å². The van der Waals surface area contributed by atoms with Crippen LogP contribution in [0.3, 0.4) is 0 Å². The highest BCUT2D eigenvalue weighted by molar-refractivity contribution is 8.16. The van der Waals surface area contributed by atoms with Gasteiger partial charge in [0.1, 0.15) is 0 Å². The van der Waals surface area contributed by atoms with Gasteiger partial charge in [0.05, 0.1) is 5.69 Å². The second-order valence-corrected chi connectivity index (χ2v) is 7.23. The van der Waals surface area contributed by atoms with Crippen LogP contribution in [-0.2, 0) is 11.2 Å². The summed E-state index contributed by atoms with van der Waals surface area (Å²) in [7, 11) is 0. The smallest absolute Gasteiger partial charge is 0.295 e. The normalized spacial score (nSPS) is 17.2. The number of aryl methyl sites for hydroxylation is 2. The number of benzene rings is 2. The maximum Gasteiger partial charge on any atom is 0.295 e. The molecule has 4 nitrogen and oxygen atoms in total. The summed E-state index contributed by atoms with van der Waals surface area (Å²) in [5.74, 6) is -0.223. The second kappa shape index (κ2) is 7.74. The van der Waals surface area contributed by atoms with E-state index in [1.165, 1.54) is 23.3 Å². The van der Waals surface area contributed by atoms with E-state index in [9.17, 15) is 9.59 Å². The Morgan fingerprint density at radius 2 is 1.80 bits per heavy atom. The number of anilines is 2. The van der Waals surface area contributed by atoms with E-state index in [0.717, 1.165) is 29.4 Å². The van der Waals surface area contributed by atoms with Crippen LogP contribution in [0.4, 0.5) is 16.2 Å². The fourth-order valence-corrected chi connectivity index (χ4v) is 3.73. The molecule has 0 radical (unpaired) electrons. The average molecular weight is 354 g/mol. The molecule has 1 N–H and O–H groups in total. The zero-order chi connectivity index (χ0) is 17.8. The quantitative estimate of drug-likeness (QED) is 0.795. The minimum atomic E-state index is -0.589. The van der Waals surface area contributed by atoms with Gasteiger partial charge in [0.2, 0.25) is 0 Å². The summed E-state index contributed by atoms with van der Waals surface area (Å²) in [4.78, 5) is 26.3. The molecule has 0 spiro atoms. The van der Waals surface area contributed by atoms with Crippen molar-refractivity contribution in [3.8, 4) is 0 Å². The van der Waals surface area contributed by atoms with Crippen LogP contribution in [0.2, 0.25) is 0 Å². The lowest BCUT2D eigenvalue weighted by molar-refractivity contribution is -0.116. The topological polar surface area (TPSA) is 49.4 Å². The summed E-state index contributed by atoms with van der Waals surface area (Å²) in [6, 6.07) is 15.5. The van der Waals surface area contributed by atoms with Crippen LogP contribution < -0.4 is 10.2 Å². The monoisotopic (exact) mass is 354 g/mol. The van der Waals surface area contributed by atoms with Gasteiger partial charge in [0.15, 0.2) is 5.37 Å². The van der Waals surface area contributed by atoms with E-state index in [-0.39, 0.29) is 11.1 Å². The van der Waals surface area contributed by atoms with Crippen molar-refractivity contribution in [2.24, 2.45) is 0 Å². The van der Waals surface area contributed by atoms with Crippen LogP contribution in [0.15, 0.2) is 48.5 Å². The predicted octanol–water partition coefficient (Wildman–Crippen LogP) is 4.98. The largest absolute Gasteiger partial charge is 0.365 e. The van der Waals surface area contributed by atoms with E-state index in [4.69, 9.17) is 0 Å². The Kier molecular flexibility index (Phi) is 5.43. The van der Waals surface area contributed by atoms with E-state index >= 15 is 0 Å². The minimum absolute atomic E-state index is 0.223. The van der Waals surface area contributed by atoms with Gasteiger partial charge >= 0.3 is 0 Å². The highest BCUT2D eigenvalue weighted by Crippen LogP contribution is 2.34. The first-order valence-electron chi connectivity index (χ1n) is 8.56. The van der Waals surface area contributed by atoms with Gasteiger partial charge in [-0.1, -0.05) is 43.7 Å². The van der Waals surface area contributed by atoms with E-state index in [0.29, 0.717) is 5.69 Å². The molecule has 0 unspecified atom stereocenters. The van der Waals surface area contributed by atoms with Crippen molar-refractivity contribution in [2.75, 3.05) is 10.2 Å². The van der Waals surface area contributed by atoms with Gasteiger partial charge in [0.25, 0.3) is 11.1 Å². The first-order chi connectivity index (χ1) is 12.1. The van der Waals surface area contributed by atoms with Gasteiger partial charge in [0, 0.05) is 5.69 Å². The Morgan fingerprint density at radius 1 is 1.08 bits per heavy atom. The molecule has 2 amide bonds. The molecule has 0 aromatic heterocycles. The summed E-state index contributed by atoms with van der Waals surface area (Å²) in [6.45, 7) is 4.08. The van der Waals surface area contributed by atoms with Crippen molar-refractivity contribution in [1.82, 2.24) is 0 Å². The summed E-state index contributed by atoms with van der Waals surface area (Å²) in [6.07, 6.45) is 3.40. The lowest BCUT2D eigenvalue weighted by Crippen LogP contribution is -2.34. The van der Waals surface area contributed by atoms with Crippen LogP contribution in [0.25, 0.3) is 0 Å². The number of thioether (sulfide) groups is 1. The molecule has 1 saturated heterocycles. The summed E-state index contributed by atoms with van der Waals surface area (Å²) in [5, 5.41) is 2.35. The molecular formula is C20H22N2O2S. The first kappa shape index (κ1) is 17.5. The number of hydrogen-bond donors (Lipinski definition) is 1. The van der Waals surface area contributed by atoms with Gasteiger partial charge in [-0.2, -0.15) is 0 Å². The van der Waals surface area contributed by atoms with Crippen molar-refractivity contribution in [3.05, 3.63) is 59.7 Å². The molecule has 25 heavy (non-hydrogen) atoms. The molecule has 1 aliphatic rings. The molecule has 2 aromatic carbocycles. The highest BCUT2D eigenvalue weighted by atomic mass is 32.2. The number of nitrogens with zero attached hydrogens (tertiary/aromatic N) is 1. The lowest BCUT2D eigenvalue weighted by atomic mass is 10.1. The third kappa shape index (κ3) is 3.87. The molecule has 0 aliphatic carbocycles.